The first-order valence-corrected chi connectivity index (χ1v) is 9.76. The van der Waals surface area contributed by atoms with Gasteiger partial charge in [-0.25, -0.2) is 0 Å². The predicted molar refractivity (Wildman–Crippen MR) is 105 cm³/mol. The summed E-state index contributed by atoms with van der Waals surface area (Å²) in [6, 6.07) is 21.8. The Morgan fingerprint density at radius 3 is 2.35 bits per heavy atom. The third-order valence-corrected chi connectivity index (χ3v) is 7.45. The number of fused-ring (bicyclic) bond motifs is 1. The molecule has 2 aromatic rings. The molecule has 0 nitrogen and oxygen atoms in total. The number of rotatable bonds is 2. The molecule has 1 aliphatic heterocycles. The standard InChI is InChI=1S/C21H22S2/c22-21-14-8-7-13-19(21)18(16-9-3-1-4-10-16)15-20(23-21)17-11-5-2-6-12-17/h1-6,9-12,15,18-19,22H,7-8,13-14H2/t18-,19+,21-/m1/s1. The zero-order chi connectivity index (χ0) is 15.7. The van der Waals surface area contributed by atoms with E-state index in [4.69, 9.17) is 12.6 Å². The van der Waals surface area contributed by atoms with Crippen molar-refractivity contribution < 1.29 is 0 Å². The molecule has 3 atom stereocenters. The average Bonchev–Trinajstić information content (AvgIpc) is 2.61. The molecule has 1 aliphatic carbocycles. The number of hydrogen-bond acceptors (Lipinski definition) is 2. The van der Waals surface area contributed by atoms with Crippen molar-refractivity contribution in [3.8, 4) is 0 Å². The van der Waals surface area contributed by atoms with E-state index in [1.165, 1.54) is 41.7 Å². The highest BCUT2D eigenvalue weighted by molar-refractivity contribution is 8.18. The summed E-state index contributed by atoms with van der Waals surface area (Å²) in [5, 5.41) is 0. The summed E-state index contributed by atoms with van der Waals surface area (Å²) in [5.41, 5.74) is 2.77. The van der Waals surface area contributed by atoms with E-state index < -0.39 is 0 Å². The van der Waals surface area contributed by atoms with Crippen molar-refractivity contribution in [2.45, 2.75) is 35.7 Å². The van der Waals surface area contributed by atoms with E-state index in [9.17, 15) is 0 Å². The van der Waals surface area contributed by atoms with E-state index >= 15 is 0 Å². The Labute approximate surface area is 148 Å². The molecule has 2 aliphatic rings. The summed E-state index contributed by atoms with van der Waals surface area (Å²) in [6.45, 7) is 0. The summed E-state index contributed by atoms with van der Waals surface area (Å²) in [6.07, 6.45) is 7.63. The predicted octanol–water partition coefficient (Wildman–Crippen LogP) is 6.37. The van der Waals surface area contributed by atoms with Crippen LogP contribution >= 0.6 is 24.4 Å². The first-order valence-electron chi connectivity index (χ1n) is 8.50. The molecule has 1 heterocycles. The van der Waals surface area contributed by atoms with E-state index in [1.807, 2.05) is 11.8 Å². The van der Waals surface area contributed by atoms with Crippen molar-refractivity contribution in [2.75, 3.05) is 0 Å². The normalized spacial score (nSPS) is 30.4. The van der Waals surface area contributed by atoms with Crippen molar-refractivity contribution in [3.05, 3.63) is 77.9 Å². The smallest absolute Gasteiger partial charge is 0.0665 e. The van der Waals surface area contributed by atoms with Crippen LogP contribution < -0.4 is 0 Å². The van der Waals surface area contributed by atoms with Crippen LogP contribution in [-0.4, -0.2) is 4.08 Å². The fraction of sp³-hybridized carbons (Fsp3) is 0.333. The number of hydrogen-bond donors (Lipinski definition) is 1. The average molecular weight is 339 g/mol. The maximum Gasteiger partial charge on any atom is 0.0665 e. The monoisotopic (exact) mass is 338 g/mol. The van der Waals surface area contributed by atoms with Gasteiger partial charge in [-0.1, -0.05) is 79.6 Å². The highest BCUT2D eigenvalue weighted by atomic mass is 32.2. The van der Waals surface area contributed by atoms with Gasteiger partial charge in [0.25, 0.3) is 0 Å². The lowest BCUT2D eigenvalue weighted by molar-refractivity contribution is 0.322. The molecule has 1 fully saturated rings. The molecule has 118 valence electrons. The molecule has 0 N–H and O–H groups in total. The lowest BCUT2D eigenvalue weighted by Crippen LogP contribution is -2.38. The molecule has 0 bridgehead atoms. The molecular weight excluding hydrogens is 316 g/mol. The topological polar surface area (TPSA) is 0 Å². The lowest BCUT2D eigenvalue weighted by Gasteiger charge is -2.47. The Hall–Kier alpha value is -1.12. The van der Waals surface area contributed by atoms with E-state index in [1.54, 1.807) is 0 Å². The minimum absolute atomic E-state index is 0.0681. The van der Waals surface area contributed by atoms with Crippen LogP contribution in [0.1, 0.15) is 42.7 Å². The van der Waals surface area contributed by atoms with Crippen LogP contribution in [0.5, 0.6) is 0 Å². The number of thiol groups is 1. The third kappa shape index (κ3) is 2.99. The van der Waals surface area contributed by atoms with Gasteiger partial charge >= 0.3 is 0 Å². The van der Waals surface area contributed by atoms with Gasteiger partial charge in [0, 0.05) is 10.8 Å². The summed E-state index contributed by atoms with van der Waals surface area (Å²) in [5.74, 6) is 1.10. The Kier molecular flexibility index (Phi) is 4.29. The maximum atomic E-state index is 5.22. The van der Waals surface area contributed by atoms with E-state index in [0.717, 1.165) is 0 Å². The fourth-order valence-corrected chi connectivity index (χ4v) is 6.26. The molecule has 0 radical (unpaired) electrons. The van der Waals surface area contributed by atoms with Crippen LogP contribution in [0.3, 0.4) is 0 Å². The highest BCUT2D eigenvalue weighted by Crippen LogP contribution is 2.60. The second-order valence-corrected chi connectivity index (χ2v) is 9.11. The molecule has 0 saturated heterocycles. The van der Waals surface area contributed by atoms with E-state index in [2.05, 4.69) is 66.7 Å². The Bertz CT molecular complexity index is 692. The third-order valence-electron chi connectivity index (χ3n) is 5.17. The largest absolute Gasteiger partial charge is 0.161 e. The SMILES string of the molecule is S[C@@]12CCCC[C@H]1[C@@H](c1ccccc1)C=C(c1ccccc1)S2. The summed E-state index contributed by atoms with van der Waals surface area (Å²) in [7, 11) is 0. The van der Waals surface area contributed by atoms with Gasteiger partial charge in [0.2, 0.25) is 0 Å². The lowest BCUT2D eigenvalue weighted by atomic mass is 9.75. The van der Waals surface area contributed by atoms with Crippen LogP contribution in [0.4, 0.5) is 0 Å². The quantitative estimate of drug-likeness (QED) is 0.620. The molecule has 23 heavy (non-hydrogen) atoms. The number of benzene rings is 2. The van der Waals surface area contributed by atoms with E-state index in [-0.39, 0.29) is 4.08 Å². The Balaban J connectivity index is 1.80. The Morgan fingerprint density at radius 1 is 0.913 bits per heavy atom. The second kappa shape index (κ2) is 6.41. The Morgan fingerprint density at radius 2 is 1.61 bits per heavy atom. The maximum absolute atomic E-state index is 5.22. The minimum Gasteiger partial charge on any atom is -0.161 e. The molecule has 2 heteroatoms. The van der Waals surface area contributed by atoms with Crippen molar-refractivity contribution in [1.29, 1.82) is 0 Å². The van der Waals surface area contributed by atoms with Gasteiger partial charge in [-0.15, -0.1) is 11.8 Å². The van der Waals surface area contributed by atoms with Gasteiger partial charge in [0.15, 0.2) is 0 Å². The molecule has 0 spiro atoms. The van der Waals surface area contributed by atoms with Gasteiger partial charge in [-0.2, -0.15) is 12.6 Å². The van der Waals surface area contributed by atoms with E-state index in [0.29, 0.717) is 11.8 Å². The number of allylic oxidation sites excluding steroid dienone is 1. The molecular formula is C21H22S2. The van der Waals surface area contributed by atoms with Crippen LogP contribution in [-0.2, 0) is 0 Å². The van der Waals surface area contributed by atoms with Gasteiger partial charge in [0.1, 0.15) is 0 Å². The molecule has 4 rings (SSSR count). The molecule has 0 unspecified atom stereocenters. The zero-order valence-corrected chi connectivity index (χ0v) is 14.9. The van der Waals surface area contributed by atoms with Gasteiger partial charge in [-0.3, -0.25) is 0 Å². The summed E-state index contributed by atoms with van der Waals surface area (Å²) >= 11 is 7.21. The number of thioether (sulfide) groups is 1. The summed E-state index contributed by atoms with van der Waals surface area (Å²) < 4.78 is 0.0681. The first-order chi connectivity index (χ1) is 11.3. The highest BCUT2D eigenvalue weighted by Gasteiger charge is 2.45. The minimum atomic E-state index is 0.0681. The zero-order valence-electron chi connectivity index (χ0n) is 13.2. The molecule has 2 aromatic carbocycles. The van der Waals surface area contributed by atoms with Crippen LogP contribution in [0.25, 0.3) is 4.91 Å². The molecule has 1 saturated carbocycles. The van der Waals surface area contributed by atoms with Crippen molar-refractivity contribution in [1.82, 2.24) is 0 Å². The first kappa shape index (κ1) is 15.4. The second-order valence-electron chi connectivity index (χ2n) is 6.63. The van der Waals surface area contributed by atoms with Crippen LogP contribution in [0, 0.1) is 5.92 Å². The van der Waals surface area contributed by atoms with Crippen molar-refractivity contribution in [3.63, 3.8) is 0 Å². The van der Waals surface area contributed by atoms with Crippen molar-refractivity contribution >= 4 is 29.3 Å². The van der Waals surface area contributed by atoms with Gasteiger partial charge in [-0.05, 0) is 29.9 Å². The van der Waals surface area contributed by atoms with Crippen LogP contribution in [0.15, 0.2) is 66.7 Å². The fourth-order valence-electron chi connectivity index (χ4n) is 4.01. The summed E-state index contributed by atoms with van der Waals surface area (Å²) in [4.78, 5) is 1.40. The van der Waals surface area contributed by atoms with Gasteiger partial charge < -0.3 is 0 Å². The molecule has 0 amide bonds. The van der Waals surface area contributed by atoms with Gasteiger partial charge in [0.05, 0.1) is 4.08 Å². The van der Waals surface area contributed by atoms with Crippen LogP contribution in [0.2, 0.25) is 0 Å². The van der Waals surface area contributed by atoms with Crippen molar-refractivity contribution in [2.24, 2.45) is 5.92 Å². The molecule has 0 aromatic heterocycles.